The van der Waals surface area contributed by atoms with Crippen LogP contribution in [-0.2, 0) is 14.3 Å². The number of thioether (sulfide) groups is 1. The summed E-state index contributed by atoms with van der Waals surface area (Å²) in [5.41, 5.74) is 2.74. The fourth-order valence-electron chi connectivity index (χ4n) is 5.25. The largest absolute Gasteiger partial charge is 0.315 e. The van der Waals surface area contributed by atoms with E-state index >= 15 is 0 Å². The lowest BCUT2D eigenvalue weighted by molar-refractivity contribution is -0.384. The molecule has 0 aromatic heterocycles. The summed E-state index contributed by atoms with van der Waals surface area (Å²) in [4.78, 5) is 26.5. The third-order valence-corrected chi connectivity index (χ3v) is 8.34. The zero-order valence-corrected chi connectivity index (χ0v) is 19.1. The van der Waals surface area contributed by atoms with Crippen molar-refractivity contribution < 1.29 is 19.2 Å². The maximum Gasteiger partial charge on any atom is 0.309 e. The van der Waals surface area contributed by atoms with E-state index < -0.39 is 22.2 Å². The summed E-state index contributed by atoms with van der Waals surface area (Å²) in [6.07, 6.45) is -0.916. The van der Waals surface area contributed by atoms with Crippen LogP contribution in [0.5, 0.6) is 0 Å². The molecule has 2 bridgehead atoms. The van der Waals surface area contributed by atoms with E-state index in [1.165, 1.54) is 23.9 Å². The third-order valence-electron chi connectivity index (χ3n) is 6.83. The molecular formula is C26H22N2O5S. The van der Waals surface area contributed by atoms with Gasteiger partial charge in [-0.25, -0.2) is 0 Å². The SMILES string of the molecule is C[C@H]1[C@@H](c2ccccc2)O[C@]23O[C@@H](c4ccc([N+](=O)[O-])cc4)[C@H](C(=O)N12)[C@H](c1ccccc1)S3. The summed E-state index contributed by atoms with van der Waals surface area (Å²) in [5.74, 6) is -0.510. The first-order valence-corrected chi connectivity index (χ1v) is 12.1. The Balaban J connectivity index is 1.44. The van der Waals surface area contributed by atoms with Crippen LogP contribution < -0.4 is 0 Å². The molecule has 0 saturated carbocycles. The summed E-state index contributed by atoms with van der Waals surface area (Å²) < 4.78 is 13.2. The van der Waals surface area contributed by atoms with E-state index in [2.05, 4.69) is 0 Å². The molecule has 4 fully saturated rings. The van der Waals surface area contributed by atoms with Crippen LogP contribution in [0.25, 0.3) is 0 Å². The Morgan fingerprint density at radius 1 is 0.853 bits per heavy atom. The van der Waals surface area contributed by atoms with Gasteiger partial charge in [0.2, 0.25) is 5.91 Å². The van der Waals surface area contributed by atoms with Crippen molar-refractivity contribution in [3.63, 3.8) is 0 Å². The Morgan fingerprint density at radius 2 is 1.41 bits per heavy atom. The van der Waals surface area contributed by atoms with Crippen LogP contribution in [-0.4, -0.2) is 27.0 Å². The van der Waals surface area contributed by atoms with Crippen molar-refractivity contribution in [3.05, 3.63) is 112 Å². The van der Waals surface area contributed by atoms with Gasteiger partial charge < -0.3 is 9.47 Å². The van der Waals surface area contributed by atoms with Gasteiger partial charge in [-0.2, -0.15) is 0 Å². The quantitative estimate of drug-likeness (QED) is 0.374. The summed E-state index contributed by atoms with van der Waals surface area (Å²) in [7, 11) is 0. The first kappa shape index (κ1) is 21.3. The normalized spacial score (nSPS) is 32.0. The zero-order chi connectivity index (χ0) is 23.4. The number of nitro benzene ring substituents is 1. The molecule has 1 spiro atoms. The van der Waals surface area contributed by atoms with Crippen LogP contribution >= 0.6 is 11.8 Å². The maximum absolute atomic E-state index is 14.0. The summed E-state index contributed by atoms with van der Waals surface area (Å²) in [6.45, 7) is 1.99. The van der Waals surface area contributed by atoms with E-state index in [1.807, 2.05) is 67.6 Å². The number of hydrogen-bond acceptors (Lipinski definition) is 6. The summed E-state index contributed by atoms with van der Waals surface area (Å²) >= 11 is 1.52. The standard InChI is InChI=1S/C26H22N2O5S/c1-16-22(17-8-4-2-5-9-17)32-26-27(16)25(29)21(24(34-26)19-10-6-3-7-11-19)23(33-26)18-12-14-20(15-13-18)28(30)31/h2-16,21-24H,1H3/t16-,21-,22-,23-,24-,26-/m0/s1. The van der Waals surface area contributed by atoms with Gasteiger partial charge in [0.25, 0.3) is 5.69 Å². The second-order valence-corrected chi connectivity index (χ2v) is 10.0. The molecule has 0 radical (unpaired) electrons. The fourth-order valence-corrected chi connectivity index (χ4v) is 6.96. The zero-order valence-electron chi connectivity index (χ0n) is 18.3. The molecule has 0 unspecified atom stereocenters. The van der Waals surface area contributed by atoms with Crippen molar-refractivity contribution in [2.45, 2.75) is 35.7 Å². The molecule has 3 aromatic carbocycles. The number of benzene rings is 3. The van der Waals surface area contributed by atoms with E-state index in [0.717, 1.165) is 16.7 Å². The van der Waals surface area contributed by atoms with Gasteiger partial charge in [0, 0.05) is 12.1 Å². The minimum atomic E-state index is -1.28. The Kier molecular flexibility index (Phi) is 4.98. The highest BCUT2D eigenvalue weighted by atomic mass is 32.2. The number of nitro groups is 1. The molecule has 4 saturated heterocycles. The predicted molar refractivity (Wildman–Crippen MR) is 126 cm³/mol. The Bertz CT molecular complexity index is 1240. The molecule has 3 aromatic rings. The lowest BCUT2D eigenvalue weighted by atomic mass is 9.86. The number of hydrogen-bond donors (Lipinski definition) is 0. The van der Waals surface area contributed by atoms with Gasteiger partial charge in [0.15, 0.2) is 0 Å². The smallest absolute Gasteiger partial charge is 0.309 e. The van der Waals surface area contributed by atoms with E-state index in [9.17, 15) is 14.9 Å². The molecule has 7 rings (SSSR count). The molecule has 34 heavy (non-hydrogen) atoms. The number of carbonyl (C=O) groups excluding carboxylic acids is 1. The third kappa shape index (κ3) is 3.17. The molecule has 172 valence electrons. The summed E-state index contributed by atoms with van der Waals surface area (Å²) in [5, 5.41) is 9.69. The number of amides is 1. The summed E-state index contributed by atoms with van der Waals surface area (Å²) in [6, 6.07) is 25.8. The van der Waals surface area contributed by atoms with Crippen LogP contribution in [0.2, 0.25) is 0 Å². The molecule has 0 N–H and O–H groups in total. The van der Waals surface area contributed by atoms with Crippen molar-refractivity contribution in [2.24, 2.45) is 5.92 Å². The molecule has 7 nitrogen and oxygen atoms in total. The Morgan fingerprint density at radius 3 is 2.03 bits per heavy atom. The maximum atomic E-state index is 14.0. The number of fused-ring (bicyclic) bond motifs is 2. The highest BCUT2D eigenvalue weighted by Crippen LogP contribution is 2.66. The van der Waals surface area contributed by atoms with Gasteiger partial charge in [-0.1, -0.05) is 72.4 Å². The van der Waals surface area contributed by atoms with Gasteiger partial charge >= 0.3 is 5.24 Å². The van der Waals surface area contributed by atoms with Gasteiger partial charge in [-0.15, -0.1) is 0 Å². The van der Waals surface area contributed by atoms with Gasteiger partial charge in [0.05, 0.1) is 22.1 Å². The molecule has 1 amide bonds. The second kappa shape index (κ2) is 7.94. The molecule has 4 aliphatic rings. The predicted octanol–water partition coefficient (Wildman–Crippen LogP) is 5.37. The van der Waals surface area contributed by atoms with Crippen LogP contribution in [0.3, 0.4) is 0 Å². The number of nitrogens with zero attached hydrogens (tertiary/aromatic N) is 2. The van der Waals surface area contributed by atoms with Crippen LogP contribution in [0, 0.1) is 16.0 Å². The van der Waals surface area contributed by atoms with E-state index in [-0.39, 0.29) is 29.0 Å². The lowest BCUT2D eigenvalue weighted by Crippen LogP contribution is -2.63. The second-order valence-electron chi connectivity index (χ2n) is 8.78. The van der Waals surface area contributed by atoms with Gasteiger partial charge in [-0.05, 0) is 35.7 Å². The number of carbonyl (C=O) groups is 1. The first-order valence-electron chi connectivity index (χ1n) is 11.2. The molecule has 0 aliphatic carbocycles. The van der Waals surface area contributed by atoms with Crippen LogP contribution in [0.1, 0.15) is 41.1 Å². The minimum absolute atomic E-state index is 0.000278. The molecule has 4 heterocycles. The van der Waals surface area contributed by atoms with Crippen molar-refractivity contribution in [2.75, 3.05) is 0 Å². The van der Waals surface area contributed by atoms with Crippen LogP contribution in [0.15, 0.2) is 84.9 Å². The van der Waals surface area contributed by atoms with Crippen molar-refractivity contribution >= 4 is 23.4 Å². The number of ether oxygens (including phenoxy) is 2. The monoisotopic (exact) mass is 474 g/mol. The topological polar surface area (TPSA) is 81.9 Å². The molecular weight excluding hydrogens is 452 g/mol. The first-order chi connectivity index (χ1) is 16.5. The lowest BCUT2D eigenvalue weighted by Gasteiger charge is -2.55. The average molecular weight is 475 g/mol. The Labute approximate surface area is 200 Å². The molecule has 4 aliphatic heterocycles. The molecule has 6 atom stereocenters. The highest BCUT2D eigenvalue weighted by molar-refractivity contribution is 8.00. The van der Waals surface area contributed by atoms with Crippen molar-refractivity contribution in [1.82, 2.24) is 4.90 Å². The van der Waals surface area contributed by atoms with Crippen molar-refractivity contribution in [3.8, 4) is 0 Å². The van der Waals surface area contributed by atoms with Gasteiger partial charge in [0.1, 0.15) is 12.2 Å². The minimum Gasteiger partial charge on any atom is -0.315 e. The molecule has 8 heteroatoms. The Hall–Kier alpha value is -3.20. The highest BCUT2D eigenvalue weighted by Gasteiger charge is 2.69. The number of non-ortho nitro benzene ring substituents is 1. The number of rotatable bonds is 4. The van der Waals surface area contributed by atoms with E-state index in [0.29, 0.717) is 0 Å². The van der Waals surface area contributed by atoms with E-state index in [1.54, 1.807) is 17.0 Å². The fraction of sp³-hybridized carbons (Fsp3) is 0.269. The average Bonchev–Trinajstić information content (AvgIpc) is 3.17. The van der Waals surface area contributed by atoms with E-state index in [4.69, 9.17) is 9.47 Å². The van der Waals surface area contributed by atoms with Crippen molar-refractivity contribution in [1.29, 1.82) is 0 Å². The van der Waals surface area contributed by atoms with Gasteiger partial charge in [-0.3, -0.25) is 19.8 Å². The van der Waals surface area contributed by atoms with Crippen LogP contribution in [0.4, 0.5) is 5.69 Å².